The summed E-state index contributed by atoms with van der Waals surface area (Å²) in [6.45, 7) is 1.65. The summed E-state index contributed by atoms with van der Waals surface area (Å²) in [7, 11) is 2.12. The maximum absolute atomic E-state index is 11.5. The van der Waals surface area contributed by atoms with Crippen LogP contribution >= 0.6 is 0 Å². The molecule has 5 nitrogen and oxygen atoms in total. The van der Waals surface area contributed by atoms with Gasteiger partial charge >= 0.3 is 0 Å². The molecule has 1 aromatic heterocycles. The Morgan fingerprint density at radius 2 is 2.10 bits per heavy atom. The van der Waals surface area contributed by atoms with E-state index in [4.69, 9.17) is 5.73 Å². The number of nitrogens with two attached hydrogens (primary N) is 1. The minimum atomic E-state index is -0.526. The molecule has 5 heteroatoms. The smallest absolute Gasteiger partial charge is 0.242 e. The van der Waals surface area contributed by atoms with Crippen LogP contribution in [-0.2, 0) is 4.79 Å². The van der Waals surface area contributed by atoms with Gasteiger partial charge in [0.15, 0.2) is 0 Å². The van der Waals surface area contributed by atoms with E-state index in [1.807, 2.05) is 18.3 Å². The van der Waals surface area contributed by atoms with Gasteiger partial charge in [0.2, 0.25) is 5.91 Å². The average molecular weight is 276 g/mol. The Morgan fingerprint density at radius 3 is 2.65 bits per heavy atom. The van der Waals surface area contributed by atoms with E-state index in [1.54, 1.807) is 6.92 Å². The van der Waals surface area contributed by atoms with Gasteiger partial charge < -0.3 is 16.0 Å². The SMILES string of the molecule is CC(N)C(=O)Nc1ccc(N(C)C2CCCCC2)cn1. The van der Waals surface area contributed by atoms with Crippen molar-refractivity contribution in [1.82, 2.24) is 4.98 Å². The third-order valence-corrected chi connectivity index (χ3v) is 3.94. The number of carbonyl (C=O) groups excluding carboxylic acids is 1. The van der Waals surface area contributed by atoms with Crippen LogP contribution in [0.4, 0.5) is 11.5 Å². The second-order valence-corrected chi connectivity index (χ2v) is 5.58. The van der Waals surface area contributed by atoms with E-state index >= 15 is 0 Å². The number of hydrogen-bond donors (Lipinski definition) is 2. The molecule has 1 aliphatic rings. The second kappa shape index (κ2) is 6.70. The lowest BCUT2D eigenvalue weighted by Gasteiger charge is -2.32. The largest absolute Gasteiger partial charge is 0.370 e. The highest BCUT2D eigenvalue weighted by molar-refractivity contribution is 5.93. The minimum absolute atomic E-state index is 0.217. The van der Waals surface area contributed by atoms with Gasteiger partial charge in [0.25, 0.3) is 0 Å². The molecule has 1 saturated carbocycles. The van der Waals surface area contributed by atoms with E-state index in [0.717, 1.165) is 5.69 Å². The minimum Gasteiger partial charge on any atom is -0.370 e. The van der Waals surface area contributed by atoms with Crippen molar-refractivity contribution in [2.24, 2.45) is 5.73 Å². The lowest BCUT2D eigenvalue weighted by molar-refractivity contribution is -0.117. The molecular weight excluding hydrogens is 252 g/mol. The summed E-state index contributed by atoms with van der Waals surface area (Å²) in [5, 5.41) is 2.69. The average Bonchev–Trinajstić information content (AvgIpc) is 2.48. The van der Waals surface area contributed by atoms with Crippen molar-refractivity contribution in [3.05, 3.63) is 18.3 Å². The molecular formula is C15H24N4O. The summed E-state index contributed by atoms with van der Waals surface area (Å²) >= 11 is 0. The van der Waals surface area contributed by atoms with Crippen molar-refractivity contribution in [2.75, 3.05) is 17.3 Å². The summed E-state index contributed by atoms with van der Waals surface area (Å²) in [6.07, 6.45) is 8.28. The van der Waals surface area contributed by atoms with E-state index in [9.17, 15) is 4.79 Å². The van der Waals surface area contributed by atoms with Gasteiger partial charge in [-0.2, -0.15) is 0 Å². The quantitative estimate of drug-likeness (QED) is 0.884. The molecule has 0 radical (unpaired) electrons. The van der Waals surface area contributed by atoms with Gasteiger partial charge in [-0.25, -0.2) is 4.98 Å². The van der Waals surface area contributed by atoms with Crippen molar-refractivity contribution in [1.29, 1.82) is 0 Å². The fourth-order valence-electron chi connectivity index (χ4n) is 2.59. The van der Waals surface area contributed by atoms with E-state index < -0.39 is 6.04 Å². The maximum atomic E-state index is 11.5. The first-order valence-corrected chi connectivity index (χ1v) is 7.33. The van der Waals surface area contributed by atoms with Crippen molar-refractivity contribution in [3.63, 3.8) is 0 Å². The molecule has 1 unspecified atom stereocenters. The molecule has 20 heavy (non-hydrogen) atoms. The zero-order chi connectivity index (χ0) is 14.5. The van der Waals surface area contributed by atoms with Crippen molar-refractivity contribution < 1.29 is 4.79 Å². The third-order valence-electron chi connectivity index (χ3n) is 3.94. The van der Waals surface area contributed by atoms with Crippen LogP contribution in [0.1, 0.15) is 39.0 Å². The van der Waals surface area contributed by atoms with Crippen LogP contribution in [-0.4, -0.2) is 30.0 Å². The molecule has 0 aliphatic heterocycles. The number of carbonyl (C=O) groups is 1. The van der Waals surface area contributed by atoms with Gasteiger partial charge in [0, 0.05) is 13.1 Å². The van der Waals surface area contributed by atoms with Crippen LogP contribution in [0.25, 0.3) is 0 Å². The number of nitrogens with zero attached hydrogens (tertiary/aromatic N) is 2. The van der Waals surface area contributed by atoms with Gasteiger partial charge in [-0.3, -0.25) is 4.79 Å². The number of aromatic nitrogens is 1. The van der Waals surface area contributed by atoms with E-state index in [1.165, 1.54) is 32.1 Å². The number of rotatable bonds is 4. The van der Waals surface area contributed by atoms with Gasteiger partial charge in [-0.05, 0) is 31.9 Å². The lowest BCUT2D eigenvalue weighted by Crippen LogP contribution is -2.34. The predicted octanol–water partition coefficient (Wildman–Crippen LogP) is 2.14. The zero-order valence-electron chi connectivity index (χ0n) is 12.3. The van der Waals surface area contributed by atoms with Crippen LogP contribution in [0.15, 0.2) is 18.3 Å². The Bertz CT molecular complexity index is 438. The van der Waals surface area contributed by atoms with Gasteiger partial charge in [-0.15, -0.1) is 0 Å². The third kappa shape index (κ3) is 3.70. The molecule has 1 fully saturated rings. The fraction of sp³-hybridized carbons (Fsp3) is 0.600. The number of hydrogen-bond acceptors (Lipinski definition) is 4. The molecule has 1 aliphatic carbocycles. The molecule has 1 amide bonds. The number of anilines is 2. The highest BCUT2D eigenvalue weighted by Crippen LogP contribution is 2.26. The molecule has 3 N–H and O–H groups in total. The van der Waals surface area contributed by atoms with Gasteiger partial charge in [0.05, 0.1) is 17.9 Å². The number of amides is 1. The summed E-state index contributed by atoms with van der Waals surface area (Å²) < 4.78 is 0. The molecule has 110 valence electrons. The maximum Gasteiger partial charge on any atom is 0.242 e. The molecule has 1 heterocycles. The summed E-state index contributed by atoms with van der Waals surface area (Å²) in [5.41, 5.74) is 6.60. The van der Waals surface area contributed by atoms with E-state index in [-0.39, 0.29) is 5.91 Å². The van der Waals surface area contributed by atoms with Crippen LogP contribution < -0.4 is 16.0 Å². The molecule has 1 aromatic rings. The molecule has 0 saturated heterocycles. The van der Waals surface area contributed by atoms with E-state index in [2.05, 4.69) is 22.2 Å². The summed E-state index contributed by atoms with van der Waals surface area (Å²) in [4.78, 5) is 18.1. The molecule has 0 bridgehead atoms. The highest BCUT2D eigenvalue weighted by atomic mass is 16.2. The first kappa shape index (κ1) is 14.8. The van der Waals surface area contributed by atoms with Crippen molar-refractivity contribution in [3.8, 4) is 0 Å². The Kier molecular flexibility index (Phi) is 4.95. The van der Waals surface area contributed by atoms with Crippen LogP contribution in [0.5, 0.6) is 0 Å². The lowest BCUT2D eigenvalue weighted by atomic mass is 9.94. The second-order valence-electron chi connectivity index (χ2n) is 5.58. The normalized spacial score (nSPS) is 17.6. The topological polar surface area (TPSA) is 71.2 Å². The van der Waals surface area contributed by atoms with Crippen LogP contribution in [0.3, 0.4) is 0 Å². The highest BCUT2D eigenvalue weighted by Gasteiger charge is 2.18. The van der Waals surface area contributed by atoms with E-state index in [0.29, 0.717) is 11.9 Å². The molecule has 0 spiro atoms. The Balaban J connectivity index is 1.98. The molecule has 0 aromatic carbocycles. The summed E-state index contributed by atoms with van der Waals surface area (Å²) in [6, 6.07) is 3.91. The predicted molar refractivity (Wildman–Crippen MR) is 81.8 cm³/mol. The Morgan fingerprint density at radius 1 is 1.40 bits per heavy atom. The molecule has 2 rings (SSSR count). The zero-order valence-corrected chi connectivity index (χ0v) is 12.3. The fourth-order valence-corrected chi connectivity index (χ4v) is 2.59. The standard InChI is InChI=1S/C15H24N4O/c1-11(16)15(20)18-14-9-8-13(10-17-14)19(2)12-6-4-3-5-7-12/h8-12H,3-7,16H2,1-2H3,(H,17,18,20). The summed E-state index contributed by atoms with van der Waals surface area (Å²) in [5.74, 6) is 0.332. The van der Waals surface area contributed by atoms with Crippen LogP contribution in [0, 0.1) is 0 Å². The number of pyridine rings is 1. The monoisotopic (exact) mass is 276 g/mol. The first-order valence-electron chi connectivity index (χ1n) is 7.33. The molecule has 1 atom stereocenters. The first-order chi connectivity index (χ1) is 9.58. The van der Waals surface area contributed by atoms with Gasteiger partial charge in [-0.1, -0.05) is 19.3 Å². The van der Waals surface area contributed by atoms with Crippen molar-refractivity contribution in [2.45, 2.75) is 51.1 Å². The Labute approximate surface area is 120 Å². The Hall–Kier alpha value is -1.62. The van der Waals surface area contributed by atoms with Gasteiger partial charge in [0.1, 0.15) is 5.82 Å². The van der Waals surface area contributed by atoms with Crippen LogP contribution in [0.2, 0.25) is 0 Å². The van der Waals surface area contributed by atoms with Crippen molar-refractivity contribution >= 4 is 17.4 Å². The number of nitrogens with one attached hydrogen (secondary N) is 1.